The van der Waals surface area contributed by atoms with Gasteiger partial charge in [-0.15, -0.1) is 0 Å². The predicted octanol–water partition coefficient (Wildman–Crippen LogP) is 24.3. The number of carbonyl (C=O) groups is 4. The number of hydrogen-bond acceptors (Lipinski definition) is 8. The Hall–Kier alpha value is -9.40. The summed E-state index contributed by atoms with van der Waals surface area (Å²) >= 11 is 0. The highest BCUT2D eigenvalue weighted by Crippen LogP contribution is 2.38. The number of carbonyl (C=O) groups excluding carboxylic acids is 4. The van der Waals surface area contributed by atoms with Gasteiger partial charge in [0.05, 0.1) is 26.4 Å². The minimum Gasteiger partial charge on any atom is -0.462 e. The van der Waals surface area contributed by atoms with Crippen LogP contribution in [0.25, 0.3) is 66.8 Å². The van der Waals surface area contributed by atoms with Gasteiger partial charge in [0.1, 0.15) is 0 Å². The third kappa shape index (κ3) is 24.6. The van der Waals surface area contributed by atoms with E-state index in [9.17, 15) is 19.2 Å². The van der Waals surface area contributed by atoms with Crippen molar-refractivity contribution in [3.05, 3.63) is 261 Å². The summed E-state index contributed by atoms with van der Waals surface area (Å²) in [5.74, 6) is -1.40. The van der Waals surface area contributed by atoms with Gasteiger partial charge in [-0.1, -0.05) is 246 Å². The molecule has 0 radical (unpaired) electrons. The lowest BCUT2D eigenvalue weighted by atomic mass is 9.87. The zero-order valence-corrected chi connectivity index (χ0v) is 65.6. The Morgan fingerprint density at radius 2 is 0.495 bits per heavy atom. The molecule has 0 atom stereocenters. The first-order chi connectivity index (χ1) is 50.6. The summed E-state index contributed by atoms with van der Waals surface area (Å²) in [4.78, 5) is 47.8. The summed E-state index contributed by atoms with van der Waals surface area (Å²) < 4.78 is 21.6. The molecule has 0 aliphatic rings. The summed E-state index contributed by atoms with van der Waals surface area (Å²) in [5, 5.41) is 0. The van der Waals surface area contributed by atoms with Gasteiger partial charge in [0, 0.05) is 22.3 Å². The minimum absolute atomic E-state index is 0.347. The quantitative estimate of drug-likeness (QED) is 0.0162. The highest BCUT2D eigenvalue weighted by Gasteiger charge is 2.19. The standard InChI is InChI=1S/C49H60O4.C48H58O4/c1-9-12-13-14-17-37-20-22-40(23-21-37)46-26-24-43(30-38(46)10-2)44-25-27-47(39(11-3)31-44)45-32-41(18-15-28-52-48(50)34(4)5)36(8)42(33-45)19-16-29-53-49(51)35(6)7;1-9-12-13-16-36-19-21-39(22-20-36)45-25-23-42(29-37(45)10-2)43-24-26-46(38(11-3)30-43)44-31-40(17-14-27-51-47(49)33(4)5)35(8)41(32-44)18-15-28-52-48(50)34(6)7/h20-27,30-33H,4,6,9-19,28-29H2,1-3,5,7-8H3;19-26,29-32H,4,6,9-18,27-28H2,1-3,5,7-8H3. The van der Waals surface area contributed by atoms with Crippen LogP contribution in [0.4, 0.5) is 0 Å². The van der Waals surface area contributed by atoms with E-state index < -0.39 is 0 Å². The zero-order valence-electron chi connectivity index (χ0n) is 65.6. The highest BCUT2D eigenvalue weighted by atomic mass is 16.5. The Morgan fingerprint density at radius 1 is 0.267 bits per heavy atom. The first-order valence-corrected chi connectivity index (χ1v) is 38.9. The van der Waals surface area contributed by atoms with Crippen molar-refractivity contribution in [2.24, 2.45) is 0 Å². The molecule has 0 saturated carbocycles. The molecule has 8 heteroatoms. The van der Waals surface area contributed by atoms with Crippen LogP contribution in [0.15, 0.2) is 194 Å². The summed E-state index contributed by atoms with van der Waals surface area (Å²) in [7, 11) is 0. The normalized spacial score (nSPS) is 11.0. The van der Waals surface area contributed by atoms with E-state index in [0.29, 0.717) is 48.7 Å². The summed E-state index contributed by atoms with van der Waals surface area (Å²) in [6.07, 6.45) is 21.0. The maximum Gasteiger partial charge on any atom is 0.333 e. The van der Waals surface area contributed by atoms with Crippen LogP contribution in [0.5, 0.6) is 0 Å². The second-order valence-corrected chi connectivity index (χ2v) is 28.5. The molecule has 0 amide bonds. The van der Waals surface area contributed by atoms with Gasteiger partial charge in [-0.3, -0.25) is 0 Å². The third-order valence-corrected chi connectivity index (χ3v) is 20.1. The summed E-state index contributed by atoms with van der Waals surface area (Å²) in [6.45, 7) is 40.6. The second kappa shape index (κ2) is 42.5. The fraction of sp³-hybridized carbons (Fsp3) is 0.381. The van der Waals surface area contributed by atoms with Gasteiger partial charge in [0.25, 0.3) is 0 Å². The number of benzene rings is 8. The van der Waals surface area contributed by atoms with Crippen LogP contribution in [0, 0.1) is 13.8 Å². The van der Waals surface area contributed by atoms with Crippen molar-refractivity contribution in [2.75, 3.05) is 26.4 Å². The number of esters is 4. The second-order valence-electron chi connectivity index (χ2n) is 28.5. The summed E-state index contributed by atoms with van der Waals surface area (Å²) in [5.41, 5.74) is 32.1. The molecule has 0 aliphatic carbocycles. The lowest BCUT2D eigenvalue weighted by molar-refractivity contribution is -0.139. The van der Waals surface area contributed by atoms with E-state index in [2.05, 4.69) is 227 Å². The van der Waals surface area contributed by atoms with Crippen molar-refractivity contribution in [2.45, 2.75) is 218 Å². The van der Waals surface area contributed by atoms with Crippen LogP contribution in [0.2, 0.25) is 0 Å². The molecule has 0 N–H and O–H groups in total. The van der Waals surface area contributed by atoms with E-state index in [1.54, 1.807) is 27.7 Å². The Bertz CT molecular complexity index is 4180. The maximum atomic E-state index is 12.0. The molecular formula is C97H118O8. The zero-order chi connectivity index (χ0) is 76.0. The number of aryl methyl sites for hydroxylation is 10. The van der Waals surface area contributed by atoms with Gasteiger partial charge in [0.15, 0.2) is 0 Å². The first kappa shape index (κ1) is 82.9. The van der Waals surface area contributed by atoms with Crippen molar-refractivity contribution in [1.82, 2.24) is 0 Å². The average Bonchev–Trinajstić information content (AvgIpc) is 0.794. The molecule has 8 aromatic carbocycles. The van der Waals surface area contributed by atoms with Crippen molar-refractivity contribution >= 4 is 23.9 Å². The molecule has 8 nitrogen and oxygen atoms in total. The van der Waals surface area contributed by atoms with Crippen LogP contribution in [0.3, 0.4) is 0 Å². The van der Waals surface area contributed by atoms with Crippen molar-refractivity contribution in [3.63, 3.8) is 0 Å². The van der Waals surface area contributed by atoms with Crippen molar-refractivity contribution < 1.29 is 38.1 Å². The van der Waals surface area contributed by atoms with Crippen LogP contribution >= 0.6 is 0 Å². The molecule has 0 unspecified atom stereocenters. The number of rotatable bonds is 39. The Kier molecular flexibility index (Phi) is 33.6. The van der Waals surface area contributed by atoms with Crippen molar-refractivity contribution in [3.8, 4) is 66.8 Å². The topological polar surface area (TPSA) is 105 Å². The molecule has 0 aliphatic heterocycles. The lowest BCUT2D eigenvalue weighted by Gasteiger charge is -2.18. The molecule has 0 saturated heterocycles. The fourth-order valence-corrected chi connectivity index (χ4v) is 13.7. The SMILES string of the molecule is C=C(C)C(=O)OCCCc1cc(-c2ccc(-c3ccc(-c4ccc(CCCCC)cc4)c(CC)c3)cc2CC)cc(CCCOC(=O)C(=C)C)c1C.C=C(C)C(=O)OCCCc1cc(-c2ccc(-c3ccc(-c4ccc(CCCCCC)cc4)c(CC)c3)cc2CC)cc(CCCOC(=O)C(=C)C)c1C. The minimum atomic E-state index is -0.351. The molecule has 105 heavy (non-hydrogen) atoms. The fourth-order valence-electron chi connectivity index (χ4n) is 13.7. The molecule has 8 rings (SSSR count). The van der Waals surface area contributed by atoms with Gasteiger partial charge in [-0.05, 0) is 278 Å². The van der Waals surface area contributed by atoms with Crippen LogP contribution < -0.4 is 0 Å². The molecule has 8 aromatic rings. The van der Waals surface area contributed by atoms with Gasteiger partial charge >= 0.3 is 23.9 Å². The van der Waals surface area contributed by atoms with Crippen LogP contribution in [0.1, 0.15) is 207 Å². The number of unbranched alkanes of at least 4 members (excludes halogenated alkanes) is 5. The first-order valence-electron chi connectivity index (χ1n) is 38.9. The lowest BCUT2D eigenvalue weighted by Crippen LogP contribution is -2.08. The summed E-state index contributed by atoms with van der Waals surface area (Å²) in [6, 6.07) is 55.2. The van der Waals surface area contributed by atoms with Gasteiger partial charge in [-0.25, -0.2) is 19.2 Å². The van der Waals surface area contributed by atoms with E-state index >= 15 is 0 Å². The highest BCUT2D eigenvalue weighted by molar-refractivity contribution is 5.88. The molecule has 0 spiro atoms. The van der Waals surface area contributed by atoms with E-state index in [1.165, 1.54) is 178 Å². The van der Waals surface area contributed by atoms with Gasteiger partial charge in [-0.2, -0.15) is 0 Å². The molecule has 0 heterocycles. The third-order valence-electron chi connectivity index (χ3n) is 20.1. The molecular weight excluding hydrogens is 1290 g/mol. The number of hydrogen-bond donors (Lipinski definition) is 0. The van der Waals surface area contributed by atoms with Gasteiger partial charge < -0.3 is 18.9 Å². The molecule has 554 valence electrons. The maximum absolute atomic E-state index is 12.0. The van der Waals surface area contributed by atoms with Crippen LogP contribution in [-0.4, -0.2) is 50.3 Å². The average molecular weight is 1410 g/mol. The Morgan fingerprint density at radius 3 is 0.743 bits per heavy atom. The van der Waals surface area contributed by atoms with Crippen LogP contribution in [-0.2, 0) is 102 Å². The van der Waals surface area contributed by atoms with E-state index in [1.807, 2.05) is 0 Å². The van der Waals surface area contributed by atoms with E-state index in [-0.39, 0.29) is 23.9 Å². The molecule has 0 aromatic heterocycles. The monoisotopic (exact) mass is 1410 g/mol. The van der Waals surface area contributed by atoms with E-state index in [4.69, 9.17) is 18.9 Å². The van der Waals surface area contributed by atoms with Crippen molar-refractivity contribution in [1.29, 1.82) is 0 Å². The molecule has 0 fully saturated rings. The van der Waals surface area contributed by atoms with E-state index in [0.717, 1.165) is 89.9 Å². The predicted molar refractivity (Wildman–Crippen MR) is 440 cm³/mol. The molecule has 0 bridgehead atoms. The Balaban J connectivity index is 0.000000293. The number of ether oxygens (including phenoxy) is 4. The smallest absolute Gasteiger partial charge is 0.333 e. The largest absolute Gasteiger partial charge is 0.462 e. The Labute approximate surface area is 630 Å². The van der Waals surface area contributed by atoms with Gasteiger partial charge in [0.2, 0.25) is 0 Å².